The van der Waals surface area contributed by atoms with E-state index in [9.17, 15) is 0 Å². The van der Waals surface area contributed by atoms with Crippen LogP contribution >= 0.6 is 7.82 Å². The first-order valence-electron chi connectivity index (χ1n) is 1.28. The van der Waals surface area contributed by atoms with Crippen molar-refractivity contribution in [2.75, 3.05) is 0 Å². The molecule has 0 aromatic rings. The molecule has 0 bridgehead atoms. The van der Waals surface area contributed by atoms with Crippen LogP contribution in [0.4, 0.5) is 0 Å². The van der Waals surface area contributed by atoms with Gasteiger partial charge < -0.3 is 31.1 Å². The minimum absolute atomic E-state index is 0. The summed E-state index contributed by atoms with van der Waals surface area (Å²) in [5, 5.41) is 0. The second kappa shape index (κ2) is 18.3. The quantitative estimate of drug-likeness (QED) is 0.289. The number of hydrogen-bond acceptors (Lipinski definition) is 4. The minimum atomic E-state index is -4.64. The van der Waals surface area contributed by atoms with Gasteiger partial charge in [0.1, 0.15) is 0 Å². The summed E-state index contributed by atoms with van der Waals surface area (Å²) in [7, 11) is -4.64. The molecule has 0 aromatic heterocycles. The van der Waals surface area contributed by atoms with Crippen LogP contribution in [0, 0.1) is 0 Å². The van der Waals surface area contributed by atoms with Gasteiger partial charge in [0.25, 0.3) is 0 Å². The third kappa shape index (κ3) is 6580. The summed E-state index contributed by atoms with van der Waals surface area (Å²) in [6.45, 7) is 0. The summed E-state index contributed by atoms with van der Waals surface area (Å²) >= 11 is -3.79. The molecular formula is H12AlCrO10P. The van der Waals surface area contributed by atoms with Gasteiger partial charge in [-0.25, -0.2) is 4.57 Å². The second-order valence-electron chi connectivity index (χ2n) is 0.717. The van der Waals surface area contributed by atoms with E-state index in [0.29, 0.717) is 0 Å². The summed E-state index contributed by atoms with van der Waals surface area (Å²) < 4.78 is 34.5. The Labute approximate surface area is 86.5 Å². The number of rotatable bonds is 0. The SMILES string of the molecule is O.O.O.O=P(O)(O)O.[AlH3].[O]=[Cr](=[O])=[O]. The van der Waals surface area contributed by atoms with Crippen molar-refractivity contribution in [1.29, 1.82) is 0 Å². The molecule has 10 nitrogen and oxygen atoms in total. The van der Waals surface area contributed by atoms with E-state index >= 15 is 0 Å². The van der Waals surface area contributed by atoms with Crippen molar-refractivity contribution in [3.8, 4) is 0 Å². The Morgan fingerprint density at radius 3 is 0.846 bits per heavy atom. The first-order chi connectivity index (χ1) is 3.73. The normalized spacial score (nSPS) is 6.38. The molecule has 13 heavy (non-hydrogen) atoms. The van der Waals surface area contributed by atoms with E-state index in [2.05, 4.69) is 0 Å². The Bertz CT molecular complexity index is 179. The maximum atomic E-state index is 8.88. The fraction of sp³-hybridized carbons (Fsp3) is 0. The summed E-state index contributed by atoms with van der Waals surface area (Å²) in [5.74, 6) is 0. The zero-order chi connectivity index (χ0) is 8.08. The van der Waals surface area contributed by atoms with Crippen molar-refractivity contribution >= 4 is 25.2 Å². The van der Waals surface area contributed by atoms with Crippen LogP contribution in [0.2, 0.25) is 0 Å². The van der Waals surface area contributed by atoms with Crippen LogP contribution in [-0.2, 0) is 29.9 Å². The summed E-state index contributed by atoms with van der Waals surface area (Å²) in [6, 6.07) is 0. The third-order valence-corrected chi connectivity index (χ3v) is 0. The van der Waals surface area contributed by atoms with E-state index in [1.165, 1.54) is 0 Å². The first kappa shape index (κ1) is 37.6. The van der Waals surface area contributed by atoms with Gasteiger partial charge in [0.15, 0.2) is 17.4 Å². The van der Waals surface area contributed by atoms with Crippen LogP contribution in [0.3, 0.4) is 0 Å². The molecule has 0 saturated carbocycles. The fourth-order valence-electron chi connectivity index (χ4n) is 0. The molecule has 0 saturated heterocycles. The van der Waals surface area contributed by atoms with Gasteiger partial charge in [-0.05, 0) is 0 Å². The standard InChI is InChI=1S/Al.Cr.H3O4P.3H2O.3O.3H/c;;1-5(2,3)4;;;;;;;;;/h;;(H3,1,2,3,4);3*1H2;;;;;;. The van der Waals surface area contributed by atoms with Crippen molar-refractivity contribution in [3.05, 3.63) is 0 Å². The molecule has 86 valence electrons. The van der Waals surface area contributed by atoms with Crippen molar-refractivity contribution in [2.45, 2.75) is 0 Å². The molecule has 0 unspecified atom stereocenters. The van der Waals surface area contributed by atoms with Crippen molar-refractivity contribution in [2.24, 2.45) is 0 Å². The molecular weight excluding hydrogens is 270 g/mol. The van der Waals surface area contributed by atoms with E-state index < -0.39 is 21.8 Å². The zero-order valence-corrected chi connectivity index (χ0v) is 7.50. The molecule has 13 heteroatoms. The third-order valence-electron chi connectivity index (χ3n) is 0. The molecule has 0 aliphatic rings. The van der Waals surface area contributed by atoms with Gasteiger partial charge in [-0.15, -0.1) is 0 Å². The van der Waals surface area contributed by atoms with Crippen molar-refractivity contribution in [1.82, 2.24) is 0 Å². The number of phosphoric acid groups is 1. The van der Waals surface area contributed by atoms with Crippen molar-refractivity contribution < 1.29 is 61.0 Å². The summed E-state index contributed by atoms with van der Waals surface area (Å²) in [5.41, 5.74) is 0. The topological polar surface area (TPSA) is 223 Å². The van der Waals surface area contributed by atoms with E-state index in [4.69, 9.17) is 30.7 Å². The van der Waals surface area contributed by atoms with Crippen LogP contribution in [0.25, 0.3) is 0 Å². The van der Waals surface area contributed by atoms with Gasteiger partial charge in [-0.2, -0.15) is 0 Å². The molecule has 0 heterocycles. The maximum absolute atomic E-state index is 8.88. The predicted octanol–water partition coefficient (Wildman–Crippen LogP) is -4.95. The second-order valence-corrected chi connectivity index (χ2v) is 2.38. The molecule has 9 N–H and O–H groups in total. The zero-order valence-electron chi connectivity index (χ0n) is 5.33. The van der Waals surface area contributed by atoms with Crippen LogP contribution in [-0.4, -0.2) is 48.5 Å². The molecule has 0 fully saturated rings. The van der Waals surface area contributed by atoms with Crippen LogP contribution in [0.5, 0.6) is 0 Å². The van der Waals surface area contributed by atoms with Gasteiger partial charge in [0, 0.05) is 0 Å². The van der Waals surface area contributed by atoms with Crippen molar-refractivity contribution in [3.63, 3.8) is 0 Å². The van der Waals surface area contributed by atoms with E-state index in [1.54, 1.807) is 0 Å². The van der Waals surface area contributed by atoms with Gasteiger partial charge in [0.05, 0.1) is 0 Å². The van der Waals surface area contributed by atoms with Gasteiger partial charge in [0.2, 0.25) is 0 Å². The molecule has 0 aromatic carbocycles. The van der Waals surface area contributed by atoms with Crippen LogP contribution in [0.15, 0.2) is 0 Å². The van der Waals surface area contributed by atoms with Crippen LogP contribution < -0.4 is 0 Å². The first-order valence-corrected chi connectivity index (χ1v) is 4.41. The van der Waals surface area contributed by atoms with Gasteiger partial charge >= 0.3 is 33.2 Å². The number of hydrogen-bond donors (Lipinski definition) is 3. The fourth-order valence-corrected chi connectivity index (χ4v) is 0. The summed E-state index contributed by atoms with van der Waals surface area (Å²) in [4.78, 5) is 21.6. The Morgan fingerprint density at radius 1 is 0.846 bits per heavy atom. The van der Waals surface area contributed by atoms with E-state index in [0.717, 1.165) is 0 Å². The molecule has 0 aliphatic carbocycles. The van der Waals surface area contributed by atoms with Gasteiger partial charge in [-0.3, -0.25) is 0 Å². The Morgan fingerprint density at radius 2 is 0.846 bits per heavy atom. The molecule has 0 amide bonds. The Kier molecular flexibility index (Phi) is 52.8. The molecule has 0 spiro atoms. The van der Waals surface area contributed by atoms with E-state index in [-0.39, 0.29) is 33.8 Å². The Balaban J connectivity index is -0.0000000146. The summed E-state index contributed by atoms with van der Waals surface area (Å²) in [6.07, 6.45) is 0. The van der Waals surface area contributed by atoms with Gasteiger partial charge in [-0.1, -0.05) is 0 Å². The molecule has 0 atom stereocenters. The van der Waals surface area contributed by atoms with E-state index in [1.807, 2.05) is 0 Å². The molecule has 0 rings (SSSR count). The average molecular weight is 282 g/mol. The van der Waals surface area contributed by atoms with Crippen LogP contribution in [0.1, 0.15) is 0 Å². The molecule has 0 radical (unpaired) electrons. The molecule has 0 aliphatic heterocycles. The monoisotopic (exact) mass is 282 g/mol. The predicted molar refractivity (Wildman–Crippen MR) is 37.1 cm³/mol. The average Bonchev–Trinajstić information content (AvgIpc) is 1.19. The Hall–Kier alpha value is 0.455.